The summed E-state index contributed by atoms with van der Waals surface area (Å²) in [4.78, 5) is 26.5. The minimum Gasteiger partial charge on any atom is -0.493 e. The summed E-state index contributed by atoms with van der Waals surface area (Å²) in [5, 5.41) is 9.16. The monoisotopic (exact) mass is 414 g/mol. The second-order valence-corrected chi connectivity index (χ2v) is 7.17. The lowest BCUT2D eigenvalue weighted by atomic mass is 10.1. The number of hydrogen-bond donors (Lipinski definition) is 0. The van der Waals surface area contributed by atoms with Crippen molar-refractivity contribution in [3.63, 3.8) is 0 Å². The van der Waals surface area contributed by atoms with Crippen LogP contribution in [0.1, 0.15) is 16.7 Å². The van der Waals surface area contributed by atoms with Gasteiger partial charge in [-0.15, -0.1) is 0 Å². The number of imide groups is 1. The molecule has 1 fully saturated rings. The zero-order valence-electron chi connectivity index (χ0n) is 15.1. The van der Waals surface area contributed by atoms with E-state index in [0.29, 0.717) is 33.2 Å². The number of rotatable bonds is 5. The Morgan fingerprint density at radius 1 is 1.18 bits per heavy atom. The summed E-state index contributed by atoms with van der Waals surface area (Å²) in [5.41, 5.74) is 1.56. The fourth-order valence-electron chi connectivity index (χ4n) is 2.70. The van der Waals surface area contributed by atoms with Gasteiger partial charge in [0, 0.05) is 6.07 Å². The highest BCUT2D eigenvalue weighted by Crippen LogP contribution is 2.38. The van der Waals surface area contributed by atoms with Crippen molar-refractivity contribution in [2.75, 3.05) is 14.2 Å². The van der Waals surface area contributed by atoms with E-state index in [-0.39, 0.29) is 11.4 Å². The summed E-state index contributed by atoms with van der Waals surface area (Å²) < 4.78 is 10.5. The maximum Gasteiger partial charge on any atom is 0.293 e. The van der Waals surface area contributed by atoms with Crippen molar-refractivity contribution >= 4 is 40.6 Å². The Labute approximate surface area is 171 Å². The molecule has 3 rings (SSSR count). The predicted octanol–water partition coefficient (Wildman–Crippen LogP) is 4.47. The molecule has 0 atom stereocenters. The molecule has 0 radical (unpaired) electrons. The fraction of sp³-hybridized carbons (Fsp3) is 0.150. The number of hydrogen-bond acceptors (Lipinski definition) is 6. The van der Waals surface area contributed by atoms with E-state index >= 15 is 0 Å². The summed E-state index contributed by atoms with van der Waals surface area (Å²) in [5.74, 6) is 0.486. The molecule has 0 unspecified atom stereocenters. The number of carbonyl (C=O) groups excluding carboxylic acids is 2. The minimum atomic E-state index is -0.436. The standard InChI is InChI=1S/C20H15ClN2O4S/c1-26-16-7-14(15(21)9-17(16)27-2)8-18-19(24)23(20(25)28-18)11-13-6-4-3-5-12(13)10-22/h3-9H,11H2,1-2H3/b18-8+. The lowest BCUT2D eigenvalue weighted by molar-refractivity contribution is -0.123. The van der Waals surface area contributed by atoms with Crippen LogP contribution >= 0.6 is 23.4 Å². The zero-order valence-corrected chi connectivity index (χ0v) is 16.6. The van der Waals surface area contributed by atoms with Gasteiger partial charge in [-0.05, 0) is 41.1 Å². The van der Waals surface area contributed by atoms with Crippen molar-refractivity contribution in [2.24, 2.45) is 0 Å². The topological polar surface area (TPSA) is 79.6 Å². The van der Waals surface area contributed by atoms with E-state index in [1.807, 2.05) is 0 Å². The largest absolute Gasteiger partial charge is 0.493 e. The molecule has 1 aliphatic heterocycles. The zero-order chi connectivity index (χ0) is 20.3. The van der Waals surface area contributed by atoms with Crippen LogP contribution in [0.15, 0.2) is 41.3 Å². The normalized spacial score (nSPS) is 15.1. The van der Waals surface area contributed by atoms with Gasteiger partial charge in [-0.3, -0.25) is 14.5 Å². The first-order valence-electron chi connectivity index (χ1n) is 8.13. The van der Waals surface area contributed by atoms with Crippen LogP contribution in [0.4, 0.5) is 4.79 Å². The van der Waals surface area contributed by atoms with E-state index in [1.54, 1.807) is 42.5 Å². The second kappa shape index (κ2) is 8.38. The number of thioether (sulfide) groups is 1. The van der Waals surface area contributed by atoms with E-state index in [4.69, 9.17) is 21.1 Å². The summed E-state index contributed by atoms with van der Waals surface area (Å²) >= 11 is 7.10. The summed E-state index contributed by atoms with van der Waals surface area (Å²) in [6, 6.07) is 12.1. The van der Waals surface area contributed by atoms with Crippen LogP contribution in [0, 0.1) is 11.3 Å². The van der Waals surface area contributed by atoms with Crippen molar-refractivity contribution in [2.45, 2.75) is 6.54 Å². The average Bonchev–Trinajstić information content (AvgIpc) is 2.96. The fourth-order valence-corrected chi connectivity index (χ4v) is 3.73. The molecule has 0 saturated carbocycles. The molecular weight excluding hydrogens is 400 g/mol. The Balaban J connectivity index is 1.91. The molecule has 2 aromatic rings. The molecule has 0 N–H and O–H groups in total. The maximum atomic E-state index is 12.7. The number of amides is 2. The predicted molar refractivity (Wildman–Crippen MR) is 107 cm³/mol. The third-order valence-electron chi connectivity index (χ3n) is 4.13. The third kappa shape index (κ3) is 3.84. The first-order chi connectivity index (χ1) is 13.5. The van der Waals surface area contributed by atoms with Crippen LogP contribution in [0.5, 0.6) is 11.5 Å². The number of nitrogens with zero attached hydrogens (tertiary/aromatic N) is 2. The molecule has 1 saturated heterocycles. The number of ether oxygens (including phenoxy) is 2. The van der Waals surface area contributed by atoms with E-state index in [9.17, 15) is 14.9 Å². The molecular formula is C20H15ClN2O4S. The Morgan fingerprint density at radius 2 is 1.86 bits per heavy atom. The van der Waals surface area contributed by atoms with Gasteiger partial charge in [0.15, 0.2) is 11.5 Å². The van der Waals surface area contributed by atoms with Crippen LogP contribution in [0.2, 0.25) is 5.02 Å². The van der Waals surface area contributed by atoms with Crippen LogP contribution in [0.3, 0.4) is 0 Å². The van der Waals surface area contributed by atoms with Crippen LogP contribution in [-0.4, -0.2) is 30.3 Å². The number of carbonyl (C=O) groups is 2. The van der Waals surface area contributed by atoms with Gasteiger partial charge in [0.2, 0.25) is 0 Å². The Morgan fingerprint density at radius 3 is 2.54 bits per heavy atom. The molecule has 2 amide bonds. The van der Waals surface area contributed by atoms with Gasteiger partial charge in [0.05, 0.1) is 42.3 Å². The number of benzene rings is 2. The highest BCUT2D eigenvalue weighted by Gasteiger charge is 2.35. The highest BCUT2D eigenvalue weighted by molar-refractivity contribution is 8.18. The van der Waals surface area contributed by atoms with Gasteiger partial charge in [-0.25, -0.2) is 0 Å². The lowest BCUT2D eigenvalue weighted by Crippen LogP contribution is -2.27. The van der Waals surface area contributed by atoms with Crippen molar-refractivity contribution < 1.29 is 19.1 Å². The molecule has 8 heteroatoms. The molecule has 6 nitrogen and oxygen atoms in total. The first kappa shape index (κ1) is 19.8. The molecule has 1 heterocycles. The molecule has 0 aromatic heterocycles. The van der Waals surface area contributed by atoms with Gasteiger partial charge in [0.1, 0.15) is 0 Å². The number of methoxy groups -OCH3 is 2. The quantitative estimate of drug-likeness (QED) is 0.672. The Bertz CT molecular complexity index is 1030. The van der Waals surface area contributed by atoms with Gasteiger partial charge in [-0.2, -0.15) is 5.26 Å². The summed E-state index contributed by atoms with van der Waals surface area (Å²) in [7, 11) is 2.99. The van der Waals surface area contributed by atoms with Crippen LogP contribution < -0.4 is 9.47 Å². The maximum absolute atomic E-state index is 12.7. The van der Waals surface area contributed by atoms with Crippen molar-refractivity contribution in [3.8, 4) is 17.6 Å². The van der Waals surface area contributed by atoms with Crippen molar-refractivity contribution in [1.82, 2.24) is 4.90 Å². The van der Waals surface area contributed by atoms with Crippen LogP contribution in [-0.2, 0) is 11.3 Å². The molecule has 142 valence electrons. The van der Waals surface area contributed by atoms with Crippen LogP contribution in [0.25, 0.3) is 6.08 Å². The summed E-state index contributed by atoms with van der Waals surface area (Å²) in [6.45, 7) is 0.0331. The van der Waals surface area contributed by atoms with E-state index < -0.39 is 11.1 Å². The molecule has 0 aliphatic carbocycles. The Hall–Kier alpha value is -2.95. The third-order valence-corrected chi connectivity index (χ3v) is 5.36. The van der Waals surface area contributed by atoms with E-state index in [0.717, 1.165) is 16.7 Å². The molecule has 2 aromatic carbocycles. The van der Waals surface area contributed by atoms with Crippen molar-refractivity contribution in [3.05, 3.63) is 63.0 Å². The molecule has 28 heavy (non-hydrogen) atoms. The first-order valence-corrected chi connectivity index (χ1v) is 9.32. The van der Waals surface area contributed by atoms with Crippen molar-refractivity contribution in [1.29, 1.82) is 5.26 Å². The Kier molecular flexibility index (Phi) is 5.93. The number of halogens is 1. The van der Waals surface area contributed by atoms with Gasteiger partial charge < -0.3 is 9.47 Å². The SMILES string of the molecule is COc1cc(Cl)c(/C=C2/SC(=O)N(Cc3ccccc3C#N)C2=O)cc1OC. The molecule has 0 bridgehead atoms. The minimum absolute atomic E-state index is 0.0331. The van der Waals surface area contributed by atoms with Gasteiger partial charge >= 0.3 is 0 Å². The average molecular weight is 415 g/mol. The highest BCUT2D eigenvalue weighted by atomic mass is 35.5. The lowest BCUT2D eigenvalue weighted by Gasteiger charge is -2.13. The molecule has 0 spiro atoms. The summed E-state index contributed by atoms with van der Waals surface area (Å²) in [6.07, 6.45) is 1.55. The molecule has 1 aliphatic rings. The van der Waals surface area contributed by atoms with E-state index in [2.05, 4.69) is 6.07 Å². The van der Waals surface area contributed by atoms with Gasteiger partial charge in [-0.1, -0.05) is 29.8 Å². The van der Waals surface area contributed by atoms with Gasteiger partial charge in [0.25, 0.3) is 11.1 Å². The second-order valence-electron chi connectivity index (χ2n) is 5.77. The number of nitriles is 1. The smallest absolute Gasteiger partial charge is 0.293 e. The van der Waals surface area contributed by atoms with E-state index in [1.165, 1.54) is 14.2 Å².